The third-order valence-corrected chi connectivity index (χ3v) is 3.96. The van der Waals surface area contributed by atoms with Gasteiger partial charge in [-0.1, -0.05) is 0 Å². The van der Waals surface area contributed by atoms with E-state index >= 15 is 0 Å². The smallest absolute Gasteiger partial charge is 0.303 e. The predicted octanol–water partition coefficient (Wildman–Crippen LogP) is 3.22. The molecule has 1 heterocycles. The van der Waals surface area contributed by atoms with Gasteiger partial charge in [0.1, 0.15) is 5.75 Å². The van der Waals surface area contributed by atoms with E-state index in [0.29, 0.717) is 31.3 Å². The lowest BCUT2D eigenvalue weighted by Gasteiger charge is -2.11. The summed E-state index contributed by atoms with van der Waals surface area (Å²) in [5, 5.41) is 11.4. The maximum atomic E-state index is 12.0. The Morgan fingerprint density at radius 3 is 2.62 bits per heavy atom. The summed E-state index contributed by atoms with van der Waals surface area (Å²) in [7, 11) is 0. The lowest BCUT2D eigenvalue weighted by Crippen LogP contribution is -2.16. The Balaban J connectivity index is 1.67. The SMILES string of the molecule is CC1CCC(CCC(=O)Nc2ccc(OCCCC(=O)O)cc2)O1. The van der Waals surface area contributed by atoms with Gasteiger partial charge in [0.05, 0.1) is 18.8 Å². The first-order valence-corrected chi connectivity index (χ1v) is 8.43. The van der Waals surface area contributed by atoms with Crippen molar-refractivity contribution in [3.8, 4) is 5.75 Å². The highest BCUT2D eigenvalue weighted by Gasteiger charge is 2.22. The van der Waals surface area contributed by atoms with Gasteiger partial charge in [0.25, 0.3) is 0 Å². The number of carboxylic acids is 1. The average Bonchev–Trinajstić information content (AvgIpc) is 2.96. The molecule has 0 radical (unpaired) electrons. The first-order valence-electron chi connectivity index (χ1n) is 8.43. The second-order valence-electron chi connectivity index (χ2n) is 6.10. The van der Waals surface area contributed by atoms with E-state index in [9.17, 15) is 9.59 Å². The van der Waals surface area contributed by atoms with E-state index in [1.165, 1.54) is 0 Å². The topological polar surface area (TPSA) is 84.9 Å². The minimum absolute atomic E-state index is 0.0201. The van der Waals surface area contributed by atoms with Crippen LogP contribution in [-0.2, 0) is 14.3 Å². The van der Waals surface area contributed by atoms with Crippen LogP contribution in [0.25, 0.3) is 0 Å². The Morgan fingerprint density at radius 1 is 1.25 bits per heavy atom. The lowest BCUT2D eigenvalue weighted by molar-refractivity contribution is -0.137. The first-order chi connectivity index (χ1) is 11.5. The van der Waals surface area contributed by atoms with Crippen LogP contribution >= 0.6 is 0 Å². The van der Waals surface area contributed by atoms with Crippen molar-refractivity contribution >= 4 is 17.6 Å². The number of carboxylic acid groups (broad SMARTS) is 1. The average molecular weight is 335 g/mol. The molecule has 1 saturated heterocycles. The molecule has 1 aromatic carbocycles. The minimum atomic E-state index is -0.825. The molecule has 1 fully saturated rings. The molecule has 1 aromatic rings. The van der Waals surface area contributed by atoms with Gasteiger partial charge in [0.2, 0.25) is 5.91 Å². The number of ether oxygens (including phenoxy) is 2. The molecule has 2 atom stereocenters. The van der Waals surface area contributed by atoms with Crippen LogP contribution in [0.15, 0.2) is 24.3 Å². The molecule has 1 aliphatic rings. The van der Waals surface area contributed by atoms with Crippen molar-refractivity contribution in [1.29, 1.82) is 0 Å². The number of carbonyl (C=O) groups excluding carboxylic acids is 1. The summed E-state index contributed by atoms with van der Waals surface area (Å²) in [6, 6.07) is 7.08. The quantitative estimate of drug-likeness (QED) is 0.677. The van der Waals surface area contributed by atoms with Crippen LogP contribution in [-0.4, -0.2) is 35.8 Å². The second-order valence-corrected chi connectivity index (χ2v) is 6.10. The highest BCUT2D eigenvalue weighted by molar-refractivity contribution is 5.90. The molecule has 0 bridgehead atoms. The Bertz CT molecular complexity index is 543. The number of hydrogen-bond donors (Lipinski definition) is 2. The van der Waals surface area contributed by atoms with E-state index in [4.69, 9.17) is 14.6 Å². The number of amides is 1. The monoisotopic (exact) mass is 335 g/mol. The van der Waals surface area contributed by atoms with E-state index < -0.39 is 5.97 Å². The molecule has 0 spiro atoms. The van der Waals surface area contributed by atoms with Gasteiger partial charge in [-0.15, -0.1) is 0 Å². The molecule has 2 rings (SSSR count). The van der Waals surface area contributed by atoms with Crippen LogP contribution < -0.4 is 10.1 Å². The van der Waals surface area contributed by atoms with Crippen LogP contribution in [0.1, 0.15) is 45.4 Å². The summed E-state index contributed by atoms with van der Waals surface area (Å²) in [6.07, 6.45) is 4.37. The van der Waals surface area contributed by atoms with Crippen molar-refractivity contribution in [3.63, 3.8) is 0 Å². The molecule has 132 valence electrons. The zero-order chi connectivity index (χ0) is 17.4. The van der Waals surface area contributed by atoms with Gasteiger partial charge < -0.3 is 19.9 Å². The number of benzene rings is 1. The van der Waals surface area contributed by atoms with Gasteiger partial charge >= 0.3 is 5.97 Å². The summed E-state index contributed by atoms with van der Waals surface area (Å²) < 4.78 is 11.2. The van der Waals surface area contributed by atoms with Crippen LogP contribution in [0, 0.1) is 0 Å². The van der Waals surface area contributed by atoms with E-state index in [2.05, 4.69) is 12.2 Å². The molecule has 6 nitrogen and oxygen atoms in total. The largest absolute Gasteiger partial charge is 0.494 e. The molecule has 1 amide bonds. The number of aliphatic carboxylic acids is 1. The standard InChI is InChI=1S/C18H25NO5/c1-13-4-7-16(24-13)10-11-17(20)19-14-5-8-15(9-6-14)23-12-2-3-18(21)22/h5-6,8-9,13,16H,2-4,7,10-12H2,1H3,(H,19,20)(H,21,22). The van der Waals surface area contributed by atoms with Crippen molar-refractivity contribution in [2.75, 3.05) is 11.9 Å². The van der Waals surface area contributed by atoms with Gasteiger partial charge in [0.15, 0.2) is 0 Å². The zero-order valence-electron chi connectivity index (χ0n) is 14.0. The fourth-order valence-electron chi connectivity index (χ4n) is 2.66. The van der Waals surface area contributed by atoms with E-state index in [1.807, 2.05) is 0 Å². The molecule has 0 aromatic heterocycles. The van der Waals surface area contributed by atoms with Crippen LogP contribution in [0.3, 0.4) is 0 Å². The summed E-state index contributed by atoms with van der Waals surface area (Å²) >= 11 is 0. The number of anilines is 1. The number of carbonyl (C=O) groups is 2. The van der Waals surface area contributed by atoms with E-state index in [-0.39, 0.29) is 18.4 Å². The zero-order valence-corrected chi connectivity index (χ0v) is 14.0. The van der Waals surface area contributed by atoms with Crippen LogP contribution in [0.4, 0.5) is 5.69 Å². The molecular formula is C18H25NO5. The first kappa shape index (κ1) is 18.3. The minimum Gasteiger partial charge on any atom is -0.494 e. The van der Waals surface area contributed by atoms with Crippen molar-refractivity contribution in [1.82, 2.24) is 0 Å². The predicted molar refractivity (Wildman–Crippen MR) is 90.2 cm³/mol. The van der Waals surface area contributed by atoms with Crippen LogP contribution in [0.2, 0.25) is 0 Å². The van der Waals surface area contributed by atoms with Crippen molar-refractivity contribution < 1.29 is 24.2 Å². The maximum Gasteiger partial charge on any atom is 0.303 e. The van der Waals surface area contributed by atoms with E-state index in [1.54, 1.807) is 24.3 Å². The van der Waals surface area contributed by atoms with Crippen molar-refractivity contribution in [3.05, 3.63) is 24.3 Å². The Kier molecular flexibility index (Phi) is 7.06. The number of nitrogens with one attached hydrogen (secondary N) is 1. The fourth-order valence-corrected chi connectivity index (χ4v) is 2.66. The van der Waals surface area contributed by atoms with Gasteiger partial charge in [-0.2, -0.15) is 0 Å². The molecule has 24 heavy (non-hydrogen) atoms. The second kappa shape index (κ2) is 9.27. The van der Waals surface area contributed by atoms with Gasteiger partial charge in [-0.05, 0) is 56.9 Å². The van der Waals surface area contributed by atoms with Crippen LogP contribution in [0.5, 0.6) is 5.75 Å². The normalized spacial score (nSPS) is 19.9. The summed E-state index contributed by atoms with van der Waals surface area (Å²) in [6.45, 7) is 2.42. The third-order valence-electron chi connectivity index (χ3n) is 3.96. The fraction of sp³-hybridized carbons (Fsp3) is 0.556. The summed E-state index contributed by atoms with van der Waals surface area (Å²) in [5.41, 5.74) is 0.721. The summed E-state index contributed by atoms with van der Waals surface area (Å²) in [4.78, 5) is 22.4. The molecule has 0 aliphatic carbocycles. The van der Waals surface area contributed by atoms with E-state index in [0.717, 1.165) is 24.9 Å². The highest BCUT2D eigenvalue weighted by Crippen LogP contribution is 2.23. The molecule has 1 aliphatic heterocycles. The maximum absolute atomic E-state index is 12.0. The highest BCUT2D eigenvalue weighted by atomic mass is 16.5. The Hall–Kier alpha value is -2.08. The third kappa shape index (κ3) is 6.58. The molecule has 0 saturated carbocycles. The van der Waals surface area contributed by atoms with Gasteiger partial charge in [0, 0.05) is 18.5 Å². The van der Waals surface area contributed by atoms with Gasteiger partial charge in [-0.3, -0.25) is 9.59 Å². The molecular weight excluding hydrogens is 310 g/mol. The Morgan fingerprint density at radius 2 is 2.00 bits per heavy atom. The molecule has 2 N–H and O–H groups in total. The molecule has 6 heteroatoms. The summed E-state index contributed by atoms with van der Waals surface area (Å²) in [5.74, 6) is -0.186. The lowest BCUT2D eigenvalue weighted by atomic mass is 10.1. The molecule has 2 unspecified atom stereocenters. The Labute approximate surface area is 142 Å². The number of rotatable bonds is 9. The van der Waals surface area contributed by atoms with Gasteiger partial charge in [-0.25, -0.2) is 0 Å². The van der Waals surface area contributed by atoms with Crippen molar-refractivity contribution in [2.45, 2.75) is 57.7 Å². The van der Waals surface area contributed by atoms with Crippen molar-refractivity contribution in [2.24, 2.45) is 0 Å². The number of hydrogen-bond acceptors (Lipinski definition) is 4.